The van der Waals surface area contributed by atoms with E-state index < -0.39 is 17.2 Å². The number of ether oxygens (including phenoxy) is 6. The molecule has 6 heteroatoms. The molecule has 0 aliphatic carbocycles. The van der Waals surface area contributed by atoms with Gasteiger partial charge in [0, 0.05) is 6.42 Å². The number of hydrogen-bond acceptors (Lipinski definition) is 6. The second-order valence-electron chi connectivity index (χ2n) is 6.90. The average molecular weight is 286 g/mol. The first kappa shape index (κ1) is 13.4. The summed E-state index contributed by atoms with van der Waals surface area (Å²) >= 11 is 0. The molecule has 0 bridgehead atoms. The summed E-state index contributed by atoms with van der Waals surface area (Å²) in [6.45, 7) is 8.85. The van der Waals surface area contributed by atoms with Crippen LogP contribution in [0.25, 0.3) is 0 Å². The van der Waals surface area contributed by atoms with E-state index in [2.05, 4.69) is 0 Å². The van der Waals surface area contributed by atoms with Gasteiger partial charge in [-0.15, -0.1) is 0 Å². The van der Waals surface area contributed by atoms with Gasteiger partial charge in [-0.05, 0) is 27.7 Å². The lowest BCUT2D eigenvalue weighted by Crippen LogP contribution is -2.61. The molecule has 0 aromatic carbocycles. The van der Waals surface area contributed by atoms with Crippen molar-refractivity contribution in [2.75, 3.05) is 13.2 Å². The van der Waals surface area contributed by atoms with E-state index in [4.69, 9.17) is 28.4 Å². The van der Waals surface area contributed by atoms with Crippen LogP contribution < -0.4 is 0 Å². The molecule has 1 spiro atoms. The van der Waals surface area contributed by atoms with Crippen LogP contribution >= 0.6 is 0 Å². The Hall–Kier alpha value is -0.240. The van der Waals surface area contributed by atoms with Crippen molar-refractivity contribution in [3.63, 3.8) is 0 Å². The quantitative estimate of drug-likeness (QED) is 0.721. The van der Waals surface area contributed by atoms with Crippen LogP contribution in [0.2, 0.25) is 0 Å². The minimum Gasteiger partial charge on any atom is -0.369 e. The monoisotopic (exact) mass is 286 g/mol. The Labute approximate surface area is 118 Å². The lowest BCUT2D eigenvalue weighted by molar-refractivity contribution is -0.282. The van der Waals surface area contributed by atoms with Gasteiger partial charge in [0.15, 0.2) is 17.9 Å². The summed E-state index contributed by atoms with van der Waals surface area (Å²) < 4.78 is 35.4. The molecule has 0 amide bonds. The van der Waals surface area contributed by atoms with Crippen LogP contribution in [0.3, 0.4) is 0 Å². The van der Waals surface area contributed by atoms with E-state index in [-0.39, 0.29) is 24.6 Å². The van der Waals surface area contributed by atoms with Gasteiger partial charge in [-0.3, -0.25) is 0 Å². The molecule has 4 rings (SSSR count). The van der Waals surface area contributed by atoms with Crippen LogP contribution in [0.1, 0.15) is 34.1 Å². The van der Waals surface area contributed by atoms with Gasteiger partial charge in [0.05, 0.1) is 13.2 Å². The van der Waals surface area contributed by atoms with Crippen LogP contribution in [0.5, 0.6) is 0 Å². The third-order valence-electron chi connectivity index (χ3n) is 4.53. The molecule has 1 unspecified atom stereocenters. The minimum absolute atomic E-state index is 0.147. The fraction of sp³-hybridized carbons (Fsp3) is 1.00. The van der Waals surface area contributed by atoms with E-state index in [0.717, 1.165) is 13.0 Å². The Morgan fingerprint density at radius 1 is 0.850 bits per heavy atom. The highest BCUT2D eigenvalue weighted by atomic mass is 16.9. The first-order valence-electron chi connectivity index (χ1n) is 7.28. The van der Waals surface area contributed by atoms with Crippen molar-refractivity contribution >= 4 is 0 Å². The molecule has 4 aliphatic rings. The third-order valence-corrected chi connectivity index (χ3v) is 4.53. The van der Waals surface area contributed by atoms with Crippen molar-refractivity contribution in [1.82, 2.24) is 0 Å². The molecule has 0 aromatic heterocycles. The summed E-state index contributed by atoms with van der Waals surface area (Å²) in [7, 11) is 0. The predicted octanol–water partition coefficient (Wildman–Crippen LogP) is 1.17. The van der Waals surface area contributed by atoms with E-state index in [1.54, 1.807) is 0 Å². The molecule has 114 valence electrons. The van der Waals surface area contributed by atoms with Crippen molar-refractivity contribution in [2.24, 2.45) is 0 Å². The van der Waals surface area contributed by atoms with Crippen molar-refractivity contribution < 1.29 is 28.4 Å². The van der Waals surface area contributed by atoms with Crippen molar-refractivity contribution in [2.45, 2.75) is 75.9 Å². The number of hydrogen-bond donors (Lipinski definition) is 0. The zero-order valence-corrected chi connectivity index (χ0v) is 12.4. The smallest absolute Gasteiger partial charge is 0.190 e. The highest BCUT2D eigenvalue weighted by Crippen LogP contribution is 2.52. The van der Waals surface area contributed by atoms with Crippen molar-refractivity contribution in [3.8, 4) is 0 Å². The molecular formula is C14H22O6. The predicted molar refractivity (Wildman–Crippen MR) is 66.9 cm³/mol. The molecule has 4 aliphatic heterocycles. The summed E-state index contributed by atoms with van der Waals surface area (Å²) in [5.41, 5.74) is -0.452. The summed E-state index contributed by atoms with van der Waals surface area (Å²) in [6, 6.07) is 0. The van der Waals surface area contributed by atoms with Crippen molar-refractivity contribution in [1.29, 1.82) is 0 Å². The molecule has 6 nitrogen and oxygen atoms in total. The fourth-order valence-corrected chi connectivity index (χ4v) is 3.63. The highest BCUT2D eigenvalue weighted by molar-refractivity contribution is 5.12. The van der Waals surface area contributed by atoms with E-state index in [9.17, 15) is 0 Å². The lowest BCUT2D eigenvalue weighted by atomic mass is 9.82. The molecule has 5 atom stereocenters. The van der Waals surface area contributed by atoms with E-state index in [1.165, 1.54) is 0 Å². The van der Waals surface area contributed by atoms with Gasteiger partial charge in [-0.2, -0.15) is 0 Å². The average Bonchev–Trinajstić information content (AvgIpc) is 2.84. The third kappa shape index (κ3) is 1.79. The Balaban J connectivity index is 1.58. The molecule has 0 saturated carbocycles. The maximum absolute atomic E-state index is 6.08. The fourth-order valence-electron chi connectivity index (χ4n) is 3.63. The van der Waals surface area contributed by atoms with Gasteiger partial charge in [-0.25, -0.2) is 0 Å². The van der Waals surface area contributed by atoms with Gasteiger partial charge in [0.2, 0.25) is 0 Å². The van der Waals surface area contributed by atoms with Crippen LogP contribution in [-0.4, -0.2) is 55.0 Å². The molecule has 0 radical (unpaired) electrons. The number of rotatable bonds is 1. The van der Waals surface area contributed by atoms with Crippen molar-refractivity contribution in [3.05, 3.63) is 0 Å². The first-order valence-corrected chi connectivity index (χ1v) is 7.28. The second kappa shape index (κ2) is 3.94. The Morgan fingerprint density at radius 3 is 2.15 bits per heavy atom. The maximum Gasteiger partial charge on any atom is 0.190 e. The van der Waals surface area contributed by atoms with Crippen LogP contribution in [0.4, 0.5) is 0 Å². The highest BCUT2D eigenvalue weighted by Gasteiger charge is 2.69. The maximum atomic E-state index is 6.08. The second-order valence-corrected chi connectivity index (χ2v) is 6.90. The van der Waals surface area contributed by atoms with Gasteiger partial charge in [0.25, 0.3) is 0 Å². The van der Waals surface area contributed by atoms with Crippen LogP contribution in [0.15, 0.2) is 0 Å². The molecule has 20 heavy (non-hydrogen) atoms. The summed E-state index contributed by atoms with van der Waals surface area (Å²) in [4.78, 5) is 0. The zero-order valence-electron chi connectivity index (χ0n) is 12.4. The van der Waals surface area contributed by atoms with Crippen LogP contribution in [-0.2, 0) is 28.4 Å². The molecule has 4 fully saturated rings. The van der Waals surface area contributed by atoms with E-state index in [0.29, 0.717) is 6.61 Å². The summed E-state index contributed by atoms with van der Waals surface area (Å²) in [6.07, 6.45) is -0.0278. The Kier molecular flexibility index (Phi) is 2.64. The Morgan fingerprint density at radius 2 is 1.60 bits per heavy atom. The van der Waals surface area contributed by atoms with Gasteiger partial charge in [-0.1, -0.05) is 0 Å². The largest absolute Gasteiger partial charge is 0.369 e. The normalized spacial score (nSPS) is 52.2. The first-order chi connectivity index (χ1) is 9.31. The van der Waals surface area contributed by atoms with Gasteiger partial charge < -0.3 is 28.4 Å². The standard InChI is InChI=1S/C14H22O6/c1-12(2)16-7-8(18-12)9-14(5-6-15-14)10-11(17-9)20-13(3,4)19-10/h8-11H,5-7H2,1-4H3/t8?,9-,10+,11-,14+/m1/s1. The zero-order chi connectivity index (χ0) is 14.2. The molecule has 0 aromatic rings. The SMILES string of the molecule is CC1(C)OCC([C@H]2O[C@@H]3OC(C)(C)O[C@@H]3[C@]23CCO3)O1. The van der Waals surface area contributed by atoms with Gasteiger partial charge >= 0.3 is 0 Å². The minimum atomic E-state index is -0.626. The summed E-state index contributed by atoms with van der Waals surface area (Å²) in [5.74, 6) is -1.20. The Bertz CT molecular complexity index is 416. The van der Waals surface area contributed by atoms with Crippen LogP contribution in [0, 0.1) is 0 Å². The van der Waals surface area contributed by atoms with Gasteiger partial charge in [0.1, 0.15) is 23.9 Å². The molecule has 0 N–H and O–H groups in total. The lowest BCUT2D eigenvalue weighted by Gasteiger charge is -2.46. The van der Waals surface area contributed by atoms with E-state index >= 15 is 0 Å². The van der Waals surface area contributed by atoms with E-state index in [1.807, 2.05) is 27.7 Å². The molecule has 4 heterocycles. The molecule has 4 saturated heterocycles. The number of fused-ring (bicyclic) bond motifs is 2. The summed E-state index contributed by atoms with van der Waals surface area (Å²) in [5, 5.41) is 0. The topological polar surface area (TPSA) is 55.4 Å². The molecular weight excluding hydrogens is 264 g/mol.